The number of aliphatic imine (C=N–C) groups is 1. The van der Waals surface area contributed by atoms with Gasteiger partial charge in [0.2, 0.25) is 5.96 Å². The maximum Gasteiger partial charge on any atom is 0.573 e. The summed E-state index contributed by atoms with van der Waals surface area (Å²) in [4.78, 5) is 4.01. The van der Waals surface area contributed by atoms with Crippen LogP contribution in [0.4, 0.5) is 23.2 Å². The maximum absolute atomic E-state index is 14.6. The number of nitriles is 1. The van der Waals surface area contributed by atoms with E-state index in [4.69, 9.17) is 28.5 Å². The normalized spacial score (nSPS) is 16.4. The zero-order valence-corrected chi connectivity index (χ0v) is 18.6. The van der Waals surface area contributed by atoms with Gasteiger partial charge < -0.3 is 4.74 Å². The lowest BCUT2D eigenvalue weighted by molar-refractivity contribution is -0.275. The zero-order chi connectivity index (χ0) is 24.2. The Bertz CT molecular complexity index is 1130. The summed E-state index contributed by atoms with van der Waals surface area (Å²) in [7, 11) is 0. The largest absolute Gasteiger partial charge is 0.573 e. The van der Waals surface area contributed by atoms with Gasteiger partial charge in [0.25, 0.3) is 0 Å². The predicted octanol–water partition coefficient (Wildman–Crippen LogP) is 6.23. The van der Waals surface area contributed by atoms with Gasteiger partial charge in [0.05, 0.1) is 22.3 Å². The topological polar surface area (TPSA) is 73.0 Å². The Balaban J connectivity index is 2.00. The van der Waals surface area contributed by atoms with Gasteiger partial charge in [-0.3, -0.25) is 5.32 Å². The zero-order valence-electron chi connectivity index (χ0n) is 17.1. The third-order valence-corrected chi connectivity index (χ3v) is 5.41. The highest BCUT2D eigenvalue weighted by atomic mass is 35.5. The van der Waals surface area contributed by atoms with E-state index in [0.717, 1.165) is 31.0 Å². The summed E-state index contributed by atoms with van der Waals surface area (Å²) in [6.45, 7) is 2.30. The average molecular weight is 502 g/mol. The number of rotatable bonds is 5. The number of ether oxygens (including phenoxy) is 1. The molecule has 0 saturated heterocycles. The van der Waals surface area contributed by atoms with E-state index in [-0.39, 0.29) is 11.9 Å². The molecule has 3 rings (SSSR count). The molecular weight excluding hydrogens is 485 g/mol. The molecule has 0 bridgehead atoms. The van der Waals surface area contributed by atoms with Crippen molar-refractivity contribution in [3.8, 4) is 11.9 Å². The molecule has 0 saturated carbocycles. The Morgan fingerprint density at radius 3 is 2.70 bits per heavy atom. The minimum atomic E-state index is -5.07. The van der Waals surface area contributed by atoms with E-state index in [1.807, 2.05) is 6.92 Å². The molecule has 1 atom stereocenters. The number of alkyl halides is 3. The smallest absolute Gasteiger partial charge is 0.403 e. The van der Waals surface area contributed by atoms with Crippen LogP contribution in [0.3, 0.4) is 0 Å². The number of hydrogen-bond donors (Lipinski definition) is 1. The van der Waals surface area contributed by atoms with E-state index in [9.17, 15) is 17.6 Å². The van der Waals surface area contributed by atoms with Gasteiger partial charge in [-0.1, -0.05) is 48.7 Å². The summed E-state index contributed by atoms with van der Waals surface area (Å²) in [5.41, 5.74) is 0.922. The Morgan fingerprint density at radius 1 is 1.30 bits per heavy atom. The number of benzene rings is 2. The first kappa shape index (κ1) is 24.6. The third-order valence-electron chi connectivity index (χ3n) is 4.67. The summed E-state index contributed by atoms with van der Waals surface area (Å²) in [6, 6.07) is 8.19. The standard InChI is InChI=1S/C21H17Cl2F4N5O/c1-2-4-13-10-32(31-19(13)12-7-8-14(22)15(23)9-12)20(29-11-28)30-16-5-3-6-17(18(16)24)33-21(25,26)27/h3,5-9,13H,2,4,10H2,1H3,(H,29,30). The number of hydrazone groups is 1. The molecule has 1 heterocycles. The summed E-state index contributed by atoms with van der Waals surface area (Å²) in [5.74, 6) is -2.59. The SMILES string of the molecule is CCCC1CN(C(=Nc2cccc(OC(F)(F)F)c2F)NC#N)N=C1c1ccc(Cl)c(Cl)c1. The Kier molecular flexibility index (Phi) is 7.66. The van der Waals surface area contributed by atoms with E-state index < -0.39 is 23.6 Å². The molecule has 0 amide bonds. The Hall–Kier alpha value is -3.03. The van der Waals surface area contributed by atoms with E-state index in [2.05, 4.69) is 20.1 Å². The summed E-state index contributed by atoms with van der Waals surface area (Å²) >= 11 is 12.1. The summed E-state index contributed by atoms with van der Waals surface area (Å²) in [5, 5.41) is 18.1. The second-order valence-corrected chi connectivity index (χ2v) is 7.81. The summed E-state index contributed by atoms with van der Waals surface area (Å²) in [6.07, 6.45) is -1.80. The molecule has 1 N–H and O–H groups in total. The molecule has 0 spiro atoms. The van der Waals surface area contributed by atoms with Gasteiger partial charge in [-0.25, -0.2) is 14.4 Å². The first-order valence-corrected chi connectivity index (χ1v) is 10.5. The van der Waals surface area contributed by atoms with Crippen molar-refractivity contribution in [3.63, 3.8) is 0 Å². The molecule has 0 fully saturated rings. The van der Waals surface area contributed by atoms with Gasteiger partial charge >= 0.3 is 6.36 Å². The monoisotopic (exact) mass is 501 g/mol. The highest BCUT2D eigenvalue weighted by molar-refractivity contribution is 6.42. The maximum atomic E-state index is 14.6. The lowest BCUT2D eigenvalue weighted by Crippen LogP contribution is -2.35. The molecule has 2 aromatic rings. The van der Waals surface area contributed by atoms with Crippen molar-refractivity contribution in [1.29, 1.82) is 5.26 Å². The fourth-order valence-electron chi connectivity index (χ4n) is 3.31. The van der Waals surface area contributed by atoms with Crippen molar-refractivity contribution in [2.24, 2.45) is 16.0 Å². The third kappa shape index (κ3) is 6.06. The van der Waals surface area contributed by atoms with Crippen LogP contribution in [0.2, 0.25) is 10.0 Å². The van der Waals surface area contributed by atoms with Crippen LogP contribution in [0, 0.1) is 23.2 Å². The van der Waals surface area contributed by atoms with Crippen LogP contribution >= 0.6 is 23.2 Å². The van der Waals surface area contributed by atoms with Gasteiger partial charge in [0.1, 0.15) is 5.69 Å². The number of nitrogens with one attached hydrogen (secondary N) is 1. The lowest BCUT2D eigenvalue weighted by atomic mass is 9.93. The first-order chi connectivity index (χ1) is 15.6. The van der Waals surface area contributed by atoms with Gasteiger partial charge in [-0.15, -0.1) is 13.2 Å². The second kappa shape index (κ2) is 10.3. The molecule has 174 valence electrons. The number of guanidine groups is 1. The molecule has 1 aliphatic heterocycles. The van der Waals surface area contributed by atoms with Gasteiger partial charge in [-0.05, 0) is 36.2 Å². The van der Waals surface area contributed by atoms with E-state index >= 15 is 0 Å². The number of hydrogen-bond acceptors (Lipinski definition) is 4. The van der Waals surface area contributed by atoms with E-state index in [1.165, 1.54) is 5.01 Å². The molecule has 2 aromatic carbocycles. The second-order valence-electron chi connectivity index (χ2n) is 6.99. The fraction of sp³-hybridized carbons (Fsp3) is 0.286. The van der Waals surface area contributed by atoms with Crippen LogP contribution in [0.1, 0.15) is 25.3 Å². The molecule has 1 unspecified atom stereocenters. The number of halogens is 6. The van der Waals surface area contributed by atoms with Crippen molar-refractivity contribution in [3.05, 3.63) is 57.8 Å². The average Bonchev–Trinajstić information content (AvgIpc) is 3.15. The highest BCUT2D eigenvalue weighted by Crippen LogP contribution is 2.32. The highest BCUT2D eigenvalue weighted by Gasteiger charge is 2.33. The minimum absolute atomic E-state index is 0.0670. The Morgan fingerprint density at radius 2 is 2.06 bits per heavy atom. The van der Waals surface area contributed by atoms with Crippen molar-refractivity contribution in [1.82, 2.24) is 10.3 Å². The van der Waals surface area contributed by atoms with Crippen LogP contribution in [0.15, 0.2) is 46.5 Å². The van der Waals surface area contributed by atoms with Gasteiger partial charge in [0.15, 0.2) is 17.8 Å². The molecule has 33 heavy (non-hydrogen) atoms. The Labute approximate surface area is 197 Å². The van der Waals surface area contributed by atoms with Crippen molar-refractivity contribution < 1.29 is 22.3 Å². The van der Waals surface area contributed by atoms with Gasteiger partial charge in [0, 0.05) is 5.92 Å². The van der Waals surface area contributed by atoms with Crippen molar-refractivity contribution in [2.45, 2.75) is 26.1 Å². The van der Waals surface area contributed by atoms with Gasteiger partial charge in [-0.2, -0.15) is 10.4 Å². The van der Waals surface area contributed by atoms with E-state index in [0.29, 0.717) is 27.9 Å². The fourth-order valence-corrected chi connectivity index (χ4v) is 3.61. The first-order valence-electron chi connectivity index (χ1n) is 9.72. The molecule has 0 aliphatic carbocycles. The summed E-state index contributed by atoms with van der Waals surface area (Å²) < 4.78 is 55.9. The van der Waals surface area contributed by atoms with E-state index in [1.54, 1.807) is 24.4 Å². The van der Waals surface area contributed by atoms with Crippen LogP contribution in [0.5, 0.6) is 5.75 Å². The lowest BCUT2D eigenvalue weighted by Gasteiger charge is -2.17. The van der Waals surface area contributed by atoms with Crippen LogP contribution in [-0.2, 0) is 0 Å². The van der Waals surface area contributed by atoms with Crippen LogP contribution in [0.25, 0.3) is 0 Å². The molecule has 6 nitrogen and oxygen atoms in total. The molecule has 0 radical (unpaired) electrons. The predicted molar refractivity (Wildman–Crippen MR) is 117 cm³/mol. The van der Waals surface area contributed by atoms with Crippen LogP contribution < -0.4 is 10.1 Å². The molecule has 1 aliphatic rings. The molecular formula is C21H17Cl2F4N5O. The molecule has 0 aromatic heterocycles. The van der Waals surface area contributed by atoms with Crippen LogP contribution in [-0.4, -0.2) is 29.6 Å². The van der Waals surface area contributed by atoms with Crippen molar-refractivity contribution in [2.75, 3.05) is 6.54 Å². The number of nitrogens with zero attached hydrogens (tertiary/aromatic N) is 4. The quantitative estimate of drug-likeness (QED) is 0.173. The minimum Gasteiger partial charge on any atom is -0.403 e. The molecule has 12 heteroatoms. The van der Waals surface area contributed by atoms with Crippen molar-refractivity contribution >= 4 is 40.6 Å².